The van der Waals surface area contributed by atoms with Crippen molar-refractivity contribution in [3.05, 3.63) is 68.2 Å². The van der Waals surface area contributed by atoms with E-state index in [0.717, 1.165) is 5.56 Å². The molecule has 0 aliphatic heterocycles. The molecule has 4 nitrogen and oxygen atoms in total. The largest absolute Gasteiger partial charge is 0.478 e. The Balaban J connectivity index is 2.24. The van der Waals surface area contributed by atoms with Gasteiger partial charge in [-0.25, -0.2) is 4.79 Å². The van der Waals surface area contributed by atoms with Gasteiger partial charge in [-0.1, -0.05) is 46.9 Å². The summed E-state index contributed by atoms with van der Waals surface area (Å²) in [5, 5.41) is 9.45. The maximum atomic E-state index is 12.4. The number of nitrogens with zero attached hydrogens (tertiary/aromatic N) is 1. The van der Waals surface area contributed by atoms with Gasteiger partial charge in [-0.3, -0.25) is 4.79 Å². The van der Waals surface area contributed by atoms with Crippen molar-refractivity contribution in [3.63, 3.8) is 0 Å². The zero-order chi connectivity index (χ0) is 17.1. The maximum absolute atomic E-state index is 12.4. The number of rotatable bonds is 4. The summed E-state index contributed by atoms with van der Waals surface area (Å²) in [4.78, 5) is 25.0. The Morgan fingerprint density at radius 1 is 1.09 bits per heavy atom. The normalized spacial score (nSPS) is 10.4. The summed E-state index contributed by atoms with van der Waals surface area (Å²) in [5.74, 6) is -1.57. The maximum Gasteiger partial charge on any atom is 0.338 e. The molecule has 0 aromatic heterocycles. The van der Waals surface area contributed by atoms with E-state index in [-0.39, 0.29) is 27.1 Å². The lowest BCUT2D eigenvalue weighted by molar-refractivity contribution is 0.0695. The molecule has 0 heterocycles. The number of aromatic carboxylic acids is 1. The van der Waals surface area contributed by atoms with Gasteiger partial charge >= 0.3 is 5.97 Å². The third-order valence-electron chi connectivity index (χ3n) is 3.16. The van der Waals surface area contributed by atoms with Crippen LogP contribution in [0.3, 0.4) is 0 Å². The Labute approximate surface area is 148 Å². The standard InChI is InChI=1S/C16H12Cl3NO3/c1-20(8-9-3-2-4-11(17)5-9)15(21)10-6-12(18)14(16(22)23)13(19)7-10/h2-7H,8H2,1H3,(H,22,23). The average molecular weight is 373 g/mol. The number of hydrogen-bond donors (Lipinski definition) is 1. The molecule has 2 aromatic rings. The Hall–Kier alpha value is -1.75. The molecule has 0 spiro atoms. The summed E-state index contributed by atoms with van der Waals surface area (Å²) in [6.07, 6.45) is 0. The van der Waals surface area contributed by atoms with Crippen LogP contribution in [-0.4, -0.2) is 28.9 Å². The summed E-state index contributed by atoms with van der Waals surface area (Å²) in [6, 6.07) is 9.76. The molecule has 0 atom stereocenters. The number of amides is 1. The predicted octanol–water partition coefficient (Wildman–Crippen LogP) is 4.62. The summed E-state index contributed by atoms with van der Waals surface area (Å²) >= 11 is 17.7. The number of benzene rings is 2. The number of carboxylic acids is 1. The molecule has 0 bridgehead atoms. The first-order chi connectivity index (χ1) is 10.8. The molecule has 1 N–H and O–H groups in total. The van der Waals surface area contributed by atoms with Gasteiger partial charge in [0.15, 0.2) is 0 Å². The van der Waals surface area contributed by atoms with Gasteiger partial charge in [0.25, 0.3) is 5.91 Å². The topological polar surface area (TPSA) is 57.6 Å². The minimum atomic E-state index is -1.24. The van der Waals surface area contributed by atoms with E-state index in [1.807, 2.05) is 6.07 Å². The van der Waals surface area contributed by atoms with Crippen LogP contribution >= 0.6 is 34.8 Å². The van der Waals surface area contributed by atoms with E-state index in [1.165, 1.54) is 17.0 Å². The van der Waals surface area contributed by atoms with E-state index in [4.69, 9.17) is 39.9 Å². The van der Waals surface area contributed by atoms with Crippen molar-refractivity contribution in [3.8, 4) is 0 Å². The number of halogens is 3. The second-order valence-electron chi connectivity index (χ2n) is 4.91. The molecular formula is C16H12Cl3NO3. The van der Waals surface area contributed by atoms with Crippen LogP contribution in [0.5, 0.6) is 0 Å². The Morgan fingerprint density at radius 2 is 1.70 bits per heavy atom. The molecule has 0 unspecified atom stereocenters. The quantitative estimate of drug-likeness (QED) is 0.852. The minimum absolute atomic E-state index is 0.0792. The molecule has 0 saturated heterocycles. The van der Waals surface area contributed by atoms with Crippen LogP contribution in [0.1, 0.15) is 26.3 Å². The van der Waals surface area contributed by atoms with Crippen LogP contribution in [0.4, 0.5) is 0 Å². The van der Waals surface area contributed by atoms with E-state index in [9.17, 15) is 9.59 Å². The molecule has 0 fully saturated rings. The Morgan fingerprint density at radius 3 is 2.22 bits per heavy atom. The van der Waals surface area contributed by atoms with Crippen molar-refractivity contribution >= 4 is 46.7 Å². The van der Waals surface area contributed by atoms with E-state index in [2.05, 4.69) is 0 Å². The molecule has 23 heavy (non-hydrogen) atoms. The molecular weight excluding hydrogens is 361 g/mol. The highest BCUT2D eigenvalue weighted by Crippen LogP contribution is 2.27. The molecule has 7 heteroatoms. The monoisotopic (exact) mass is 371 g/mol. The fourth-order valence-corrected chi connectivity index (χ4v) is 2.96. The Kier molecular flexibility index (Phi) is 5.52. The fourth-order valence-electron chi connectivity index (χ4n) is 2.10. The van der Waals surface area contributed by atoms with Gasteiger partial charge in [0.1, 0.15) is 0 Å². The van der Waals surface area contributed by atoms with Crippen molar-refractivity contribution in [2.45, 2.75) is 6.54 Å². The van der Waals surface area contributed by atoms with E-state index in [0.29, 0.717) is 11.6 Å². The number of hydrogen-bond acceptors (Lipinski definition) is 2. The molecule has 0 radical (unpaired) electrons. The van der Waals surface area contributed by atoms with E-state index in [1.54, 1.807) is 25.2 Å². The highest BCUT2D eigenvalue weighted by Gasteiger charge is 2.19. The minimum Gasteiger partial charge on any atom is -0.478 e. The molecule has 0 aliphatic rings. The Bertz CT molecular complexity index is 754. The zero-order valence-electron chi connectivity index (χ0n) is 12.0. The molecule has 2 rings (SSSR count). The first-order valence-electron chi connectivity index (χ1n) is 6.52. The predicted molar refractivity (Wildman–Crippen MR) is 90.7 cm³/mol. The van der Waals surface area contributed by atoms with Gasteiger partial charge in [-0.15, -0.1) is 0 Å². The second-order valence-corrected chi connectivity index (χ2v) is 6.16. The summed E-state index contributed by atoms with van der Waals surface area (Å²) in [6.45, 7) is 0.343. The fraction of sp³-hybridized carbons (Fsp3) is 0.125. The zero-order valence-corrected chi connectivity index (χ0v) is 14.3. The molecule has 0 aliphatic carbocycles. The lowest BCUT2D eigenvalue weighted by atomic mass is 10.1. The summed E-state index contributed by atoms with van der Waals surface area (Å²) in [5.41, 5.74) is 0.865. The highest BCUT2D eigenvalue weighted by atomic mass is 35.5. The van der Waals surface area contributed by atoms with Gasteiger partial charge in [-0.2, -0.15) is 0 Å². The van der Waals surface area contributed by atoms with Crippen molar-refractivity contribution < 1.29 is 14.7 Å². The second kappa shape index (κ2) is 7.21. The van der Waals surface area contributed by atoms with Gasteiger partial charge in [0, 0.05) is 24.2 Å². The lowest BCUT2D eigenvalue weighted by Crippen LogP contribution is -2.26. The molecule has 1 amide bonds. The van der Waals surface area contributed by atoms with Crippen molar-refractivity contribution in [2.75, 3.05) is 7.05 Å². The third kappa shape index (κ3) is 4.16. The van der Waals surface area contributed by atoms with Gasteiger partial charge in [-0.05, 0) is 29.8 Å². The summed E-state index contributed by atoms with van der Waals surface area (Å²) in [7, 11) is 1.62. The first-order valence-corrected chi connectivity index (χ1v) is 7.65. The van der Waals surface area contributed by atoms with Crippen LogP contribution in [0, 0.1) is 0 Å². The third-order valence-corrected chi connectivity index (χ3v) is 3.99. The van der Waals surface area contributed by atoms with Gasteiger partial charge < -0.3 is 10.0 Å². The van der Waals surface area contributed by atoms with Crippen LogP contribution in [-0.2, 0) is 6.54 Å². The number of carboxylic acid groups (broad SMARTS) is 1. The number of carbonyl (C=O) groups excluding carboxylic acids is 1. The SMILES string of the molecule is CN(Cc1cccc(Cl)c1)C(=O)c1cc(Cl)c(C(=O)O)c(Cl)c1. The van der Waals surface area contributed by atoms with Crippen LogP contribution < -0.4 is 0 Å². The van der Waals surface area contributed by atoms with E-state index >= 15 is 0 Å². The van der Waals surface area contributed by atoms with E-state index < -0.39 is 5.97 Å². The molecule has 120 valence electrons. The number of carbonyl (C=O) groups is 2. The van der Waals surface area contributed by atoms with Crippen LogP contribution in [0.15, 0.2) is 36.4 Å². The highest BCUT2D eigenvalue weighted by molar-refractivity contribution is 6.39. The molecule has 0 saturated carbocycles. The van der Waals surface area contributed by atoms with Crippen LogP contribution in [0.2, 0.25) is 15.1 Å². The summed E-state index contributed by atoms with van der Waals surface area (Å²) < 4.78 is 0. The smallest absolute Gasteiger partial charge is 0.338 e. The van der Waals surface area contributed by atoms with Gasteiger partial charge in [0.2, 0.25) is 0 Å². The lowest BCUT2D eigenvalue weighted by Gasteiger charge is -2.18. The first kappa shape index (κ1) is 17.6. The van der Waals surface area contributed by atoms with Crippen molar-refractivity contribution in [1.82, 2.24) is 4.90 Å². The average Bonchev–Trinajstić information content (AvgIpc) is 2.45. The van der Waals surface area contributed by atoms with Crippen LogP contribution in [0.25, 0.3) is 0 Å². The van der Waals surface area contributed by atoms with Crippen molar-refractivity contribution in [1.29, 1.82) is 0 Å². The van der Waals surface area contributed by atoms with Crippen molar-refractivity contribution in [2.24, 2.45) is 0 Å². The molecule has 2 aromatic carbocycles. The van der Waals surface area contributed by atoms with Gasteiger partial charge in [0.05, 0.1) is 15.6 Å².